The highest BCUT2D eigenvalue weighted by Crippen LogP contribution is 2.28. The predicted octanol–water partition coefficient (Wildman–Crippen LogP) is 0.307. The third-order valence-electron chi connectivity index (χ3n) is 3.95. The molecule has 8 heteroatoms. The zero-order valence-electron chi connectivity index (χ0n) is 13.2. The van der Waals surface area contributed by atoms with E-state index in [4.69, 9.17) is 10.2 Å². The summed E-state index contributed by atoms with van der Waals surface area (Å²) in [6.07, 6.45) is 6.81. The van der Waals surface area contributed by atoms with E-state index in [0.717, 1.165) is 43.9 Å². The number of allylic oxidation sites excluding steroid dienone is 1. The maximum absolute atomic E-state index is 11.4. The van der Waals surface area contributed by atoms with Crippen molar-refractivity contribution in [3.63, 3.8) is 0 Å². The van der Waals surface area contributed by atoms with Gasteiger partial charge < -0.3 is 20.8 Å². The summed E-state index contributed by atoms with van der Waals surface area (Å²) in [4.78, 5) is 43.0. The van der Waals surface area contributed by atoms with Crippen LogP contribution in [0, 0.1) is 11.8 Å². The van der Waals surface area contributed by atoms with Gasteiger partial charge in [0, 0.05) is 31.3 Å². The van der Waals surface area contributed by atoms with Gasteiger partial charge in [0.1, 0.15) is 12.0 Å². The van der Waals surface area contributed by atoms with Gasteiger partial charge in [0.05, 0.1) is 0 Å². The number of aliphatic carboxylic acids is 2. The average molecular weight is 338 g/mol. The van der Waals surface area contributed by atoms with Crippen LogP contribution in [-0.4, -0.2) is 47.4 Å². The van der Waals surface area contributed by atoms with Crippen LogP contribution in [0.5, 0.6) is 0 Å². The summed E-state index contributed by atoms with van der Waals surface area (Å²) >= 11 is 0. The van der Waals surface area contributed by atoms with E-state index in [1.165, 1.54) is 0 Å². The molecule has 8 nitrogen and oxygen atoms in total. The monoisotopic (exact) mass is 338 g/mol. The number of carbonyl (C=O) groups is 4. The Kier molecular flexibility index (Phi) is 8.24. The van der Waals surface area contributed by atoms with E-state index in [0.29, 0.717) is 31.2 Å². The summed E-state index contributed by atoms with van der Waals surface area (Å²) in [6.45, 7) is 0.987. The van der Waals surface area contributed by atoms with Crippen LogP contribution in [0.4, 0.5) is 0 Å². The maximum Gasteiger partial charge on any atom is 0.352 e. The van der Waals surface area contributed by atoms with Crippen LogP contribution in [0.1, 0.15) is 25.7 Å². The molecule has 0 bridgehead atoms. The Morgan fingerprint density at radius 3 is 1.92 bits per heavy atom. The first-order valence-electron chi connectivity index (χ1n) is 7.73. The molecule has 0 unspecified atom stereocenters. The van der Waals surface area contributed by atoms with Crippen molar-refractivity contribution in [1.29, 1.82) is 0 Å². The number of nitrogens with one attached hydrogen (secondary N) is 2. The van der Waals surface area contributed by atoms with Gasteiger partial charge in [-0.15, -0.1) is 0 Å². The molecule has 4 N–H and O–H groups in total. The molecule has 1 amide bonds. The van der Waals surface area contributed by atoms with Gasteiger partial charge in [-0.3, -0.25) is 9.59 Å². The molecule has 132 valence electrons. The standard InChI is InChI=1S/C16H22N2O6/c19-8-7-13(16(23)24)17-9-11-1-3-12(4-2-11)10-18-14(20)5-6-15(21)22/h5-8,11-12,17H,1-4,9-10H2,(H,18,20)(H,21,22)(H,23,24). The number of carboxylic acid groups (broad SMARTS) is 2. The Morgan fingerprint density at radius 2 is 1.46 bits per heavy atom. The Bertz CT molecular complexity index is 533. The van der Waals surface area contributed by atoms with E-state index in [1.807, 2.05) is 0 Å². The van der Waals surface area contributed by atoms with Crippen molar-refractivity contribution in [2.45, 2.75) is 25.7 Å². The molecule has 0 saturated heterocycles. The van der Waals surface area contributed by atoms with E-state index in [-0.39, 0.29) is 5.70 Å². The molecule has 1 saturated carbocycles. The molecule has 0 spiro atoms. The smallest absolute Gasteiger partial charge is 0.352 e. The lowest BCUT2D eigenvalue weighted by atomic mass is 9.82. The molecule has 0 radical (unpaired) electrons. The van der Waals surface area contributed by atoms with Crippen molar-refractivity contribution >= 4 is 24.1 Å². The van der Waals surface area contributed by atoms with Crippen LogP contribution in [0.15, 0.2) is 23.9 Å². The molecule has 0 aromatic rings. The minimum absolute atomic E-state index is 0.107. The Balaban J connectivity index is 2.28. The lowest BCUT2D eigenvalue weighted by molar-refractivity contribution is -0.133. The highest BCUT2D eigenvalue weighted by atomic mass is 16.4. The fourth-order valence-corrected chi connectivity index (χ4v) is 2.62. The van der Waals surface area contributed by atoms with Crippen molar-refractivity contribution in [2.24, 2.45) is 11.8 Å². The molecule has 24 heavy (non-hydrogen) atoms. The second-order valence-electron chi connectivity index (χ2n) is 5.71. The molecule has 0 aliphatic heterocycles. The van der Waals surface area contributed by atoms with Crippen molar-refractivity contribution in [2.75, 3.05) is 13.1 Å². The van der Waals surface area contributed by atoms with Gasteiger partial charge >= 0.3 is 11.9 Å². The molecule has 1 rings (SSSR count). The minimum Gasteiger partial charge on any atom is -0.478 e. The topological polar surface area (TPSA) is 133 Å². The van der Waals surface area contributed by atoms with E-state index >= 15 is 0 Å². The highest BCUT2D eigenvalue weighted by Gasteiger charge is 2.22. The van der Waals surface area contributed by atoms with Crippen molar-refractivity contribution < 1.29 is 29.4 Å². The second kappa shape index (κ2) is 10.2. The summed E-state index contributed by atoms with van der Waals surface area (Å²) in [5, 5.41) is 22.8. The molecule has 1 aliphatic rings. The average Bonchev–Trinajstić information content (AvgIpc) is 2.55. The van der Waals surface area contributed by atoms with Crippen LogP contribution in [0.25, 0.3) is 0 Å². The Hall–Kier alpha value is -2.64. The molecule has 0 aromatic heterocycles. The number of hydrogen-bond acceptors (Lipinski definition) is 5. The van der Waals surface area contributed by atoms with Gasteiger partial charge in [-0.05, 0) is 37.5 Å². The molecule has 0 heterocycles. The molecular weight excluding hydrogens is 316 g/mol. The van der Waals surface area contributed by atoms with Crippen LogP contribution < -0.4 is 10.6 Å². The largest absolute Gasteiger partial charge is 0.478 e. The van der Waals surface area contributed by atoms with Gasteiger partial charge in [0.15, 0.2) is 0 Å². The lowest BCUT2D eigenvalue weighted by Crippen LogP contribution is -2.33. The third-order valence-corrected chi connectivity index (χ3v) is 3.95. The van der Waals surface area contributed by atoms with Crippen LogP contribution in [0.3, 0.4) is 0 Å². The van der Waals surface area contributed by atoms with E-state index in [2.05, 4.69) is 10.6 Å². The summed E-state index contributed by atoms with van der Waals surface area (Å²) < 4.78 is 0. The van der Waals surface area contributed by atoms with E-state index < -0.39 is 17.8 Å². The number of carbonyl (C=O) groups excluding carboxylic acids is 2. The predicted molar refractivity (Wildman–Crippen MR) is 85.0 cm³/mol. The van der Waals surface area contributed by atoms with Crippen molar-refractivity contribution in [3.8, 4) is 0 Å². The fourth-order valence-electron chi connectivity index (χ4n) is 2.62. The fraction of sp³-hybridized carbons (Fsp3) is 0.500. The number of amides is 1. The second-order valence-corrected chi connectivity index (χ2v) is 5.71. The van der Waals surface area contributed by atoms with Gasteiger partial charge in [-0.1, -0.05) is 0 Å². The van der Waals surface area contributed by atoms with Gasteiger partial charge in [-0.2, -0.15) is 0 Å². The zero-order valence-corrected chi connectivity index (χ0v) is 13.2. The quantitative estimate of drug-likeness (QED) is 0.351. The van der Waals surface area contributed by atoms with Gasteiger partial charge in [0.25, 0.3) is 0 Å². The molecule has 0 aromatic carbocycles. The van der Waals surface area contributed by atoms with Gasteiger partial charge in [0.2, 0.25) is 5.91 Å². The normalized spacial score (nSPS) is 21.2. The summed E-state index contributed by atoms with van der Waals surface area (Å²) in [5.74, 6) is -2.10. The van der Waals surface area contributed by atoms with E-state index in [9.17, 15) is 19.2 Å². The molecule has 0 atom stereocenters. The van der Waals surface area contributed by atoms with Crippen molar-refractivity contribution in [3.05, 3.63) is 23.9 Å². The van der Waals surface area contributed by atoms with Crippen molar-refractivity contribution in [1.82, 2.24) is 10.6 Å². The highest BCUT2D eigenvalue weighted by molar-refractivity contribution is 5.93. The van der Waals surface area contributed by atoms with Crippen LogP contribution >= 0.6 is 0 Å². The summed E-state index contributed by atoms with van der Waals surface area (Å²) in [7, 11) is 0. The Morgan fingerprint density at radius 1 is 0.917 bits per heavy atom. The van der Waals surface area contributed by atoms with Crippen LogP contribution in [-0.2, 0) is 19.2 Å². The molecule has 1 fully saturated rings. The first-order chi connectivity index (χ1) is 11.4. The zero-order chi connectivity index (χ0) is 17.9. The number of carboxylic acids is 2. The lowest BCUT2D eigenvalue weighted by Gasteiger charge is -2.28. The Labute approximate surface area is 139 Å². The van der Waals surface area contributed by atoms with Gasteiger partial charge in [-0.25, -0.2) is 9.59 Å². The molecular formula is C16H22N2O6. The molecule has 1 aliphatic carbocycles. The number of rotatable bonds is 9. The summed E-state index contributed by atoms with van der Waals surface area (Å²) in [5.41, 5.74) is -0.107. The minimum atomic E-state index is -1.16. The number of hydrogen-bond donors (Lipinski definition) is 4. The van der Waals surface area contributed by atoms with Crippen LogP contribution in [0.2, 0.25) is 0 Å². The first-order valence-corrected chi connectivity index (χ1v) is 7.73. The first kappa shape index (κ1) is 19.4. The SMILES string of the molecule is O=CC=C(NCC1CCC(CNC(=O)C=CC(=O)O)CC1)C(=O)O. The third kappa shape index (κ3) is 7.57. The maximum atomic E-state index is 11.4. The van der Waals surface area contributed by atoms with E-state index in [1.54, 1.807) is 0 Å². The number of aldehydes is 1. The summed E-state index contributed by atoms with van der Waals surface area (Å²) in [6, 6.07) is 0.